The van der Waals surface area contributed by atoms with Gasteiger partial charge in [-0.2, -0.15) is 5.10 Å². The molecule has 0 amide bonds. The molecule has 1 N–H and O–H groups in total. The summed E-state index contributed by atoms with van der Waals surface area (Å²) in [5.41, 5.74) is 4.55. The monoisotopic (exact) mass is 298 g/mol. The third-order valence-corrected chi connectivity index (χ3v) is 3.45. The number of halogens is 1. The van der Waals surface area contributed by atoms with Crippen molar-refractivity contribution in [1.29, 1.82) is 0 Å². The highest BCUT2D eigenvalue weighted by molar-refractivity contribution is 9.10. The Labute approximate surface area is 114 Å². The van der Waals surface area contributed by atoms with E-state index in [9.17, 15) is 0 Å². The van der Waals surface area contributed by atoms with Gasteiger partial charge in [0.1, 0.15) is 0 Å². The average Bonchev–Trinajstić information content (AvgIpc) is 2.86. The Kier molecular flexibility index (Phi) is 2.99. The van der Waals surface area contributed by atoms with Gasteiger partial charge in [-0.05, 0) is 33.1 Å². The predicted octanol–water partition coefficient (Wildman–Crippen LogP) is 4.51. The van der Waals surface area contributed by atoms with Crippen LogP contribution in [0.15, 0.2) is 65.3 Å². The van der Waals surface area contributed by atoms with Crippen LogP contribution in [0.1, 0.15) is 0 Å². The van der Waals surface area contributed by atoms with Gasteiger partial charge < -0.3 is 0 Å². The molecule has 0 fully saturated rings. The van der Waals surface area contributed by atoms with E-state index in [1.54, 1.807) is 6.20 Å². The smallest absolute Gasteiger partial charge is 0.0792 e. The van der Waals surface area contributed by atoms with Crippen molar-refractivity contribution in [3.8, 4) is 22.4 Å². The number of H-pyrrole nitrogens is 1. The zero-order valence-corrected chi connectivity index (χ0v) is 11.2. The minimum absolute atomic E-state index is 0.979. The standard InChI is InChI=1S/C15H11BrN2/c16-14-10-17-18-15(14)13-8-4-7-12(9-13)11-5-2-1-3-6-11/h1-10H,(H,17,18). The summed E-state index contributed by atoms with van der Waals surface area (Å²) in [5.74, 6) is 0. The third kappa shape index (κ3) is 2.09. The molecule has 3 aromatic rings. The van der Waals surface area contributed by atoms with E-state index in [1.165, 1.54) is 11.1 Å². The van der Waals surface area contributed by atoms with Crippen LogP contribution in [0.5, 0.6) is 0 Å². The summed E-state index contributed by atoms with van der Waals surface area (Å²) in [6.45, 7) is 0. The average molecular weight is 299 g/mol. The Morgan fingerprint density at radius 3 is 2.28 bits per heavy atom. The summed E-state index contributed by atoms with van der Waals surface area (Å²) in [6.07, 6.45) is 1.77. The van der Waals surface area contributed by atoms with Gasteiger partial charge in [-0.3, -0.25) is 5.10 Å². The highest BCUT2D eigenvalue weighted by atomic mass is 79.9. The Hall–Kier alpha value is -1.87. The van der Waals surface area contributed by atoms with Crippen LogP contribution in [0.25, 0.3) is 22.4 Å². The van der Waals surface area contributed by atoms with Crippen LogP contribution in [0.3, 0.4) is 0 Å². The Balaban J connectivity index is 2.08. The lowest BCUT2D eigenvalue weighted by Gasteiger charge is -2.04. The number of hydrogen-bond donors (Lipinski definition) is 1. The maximum Gasteiger partial charge on any atom is 0.0792 e. The zero-order chi connectivity index (χ0) is 12.4. The molecule has 0 saturated heterocycles. The van der Waals surface area contributed by atoms with E-state index in [4.69, 9.17) is 0 Å². The maximum absolute atomic E-state index is 4.03. The van der Waals surface area contributed by atoms with E-state index < -0.39 is 0 Å². The molecule has 3 heteroatoms. The maximum atomic E-state index is 4.03. The van der Waals surface area contributed by atoms with Crippen LogP contribution >= 0.6 is 15.9 Å². The molecule has 1 aromatic heterocycles. The van der Waals surface area contributed by atoms with Gasteiger partial charge in [0.15, 0.2) is 0 Å². The first-order valence-electron chi connectivity index (χ1n) is 5.69. The van der Waals surface area contributed by atoms with Crippen molar-refractivity contribution in [2.75, 3.05) is 0 Å². The van der Waals surface area contributed by atoms with Crippen molar-refractivity contribution in [1.82, 2.24) is 10.2 Å². The molecule has 0 unspecified atom stereocenters. The van der Waals surface area contributed by atoms with Crippen molar-refractivity contribution in [2.45, 2.75) is 0 Å². The molecule has 2 nitrogen and oxygen atoms in total. The second-order valence-electron chi connectivity index (χ2n) is 4.04. The quantitative estimate of drug-likeness (QED) is 0.741. The molecular weight excluding hydrogens is 288 g/mol. The van der Waals surface area contributed by atoms with Crippen molar-refractivity contribution in [3.05, 3.63) is 65.3 Å². The topological polar surface area (TPSA) is 28.7 Å². The SMILES string of the molecule is Brc1cn[nH]c1-c1cccc(-c2ccccc2)c1. The van der Waals surface area contributed by atoms with Crippen LogP contribution in [-0.4, -0.2) is 10.2 Å². The van der Waals surface area contributed by atoms with Crippen LogP contribution in [0.2, 0.25) is 0 Å². The lowest BCUT2D eigenvalue weighted by atomic mass is 10.0. The second kappa shape index (κ2) is 4.78. The lowest BCUT2D eigenvalue weighted by molar-refractivity contribution is 1.10. The summed E-state index contributed by atoms with van der Waals surface area (Å²) in [7, 11) is 0. The highest BCUT2D eigenvalue weighted by Gasteiger charge is 2.06. The zero-order valence-electron chi connectivity index (χ0n) is 9.60. The lowest BCUT2D eigenvalue weighted by Crippen LogP contribution is -1.82. The summed E-state index contributed by atoms with van der Waals surface area (Å²) in [6, 6.07) is 18.8. The molecule has 0 aliphatic carbocycles. The van der Waals surface area contributed by atoms with Crippen LogP contribution < -0.4 is 0 Å². The number of nitrogens with one attached hydrogen (secondary N) is 1. The number of aromatic amines is 1. The van der Waals surface area contributed by atoms with Gasteiger partial charge in [0.2, 0.25) is 0 Å². The summed E-state index contributed by atoms with van der Waals surface area (Å²) in [4.78, 5) is 0. The number of benzene rings is 2. The molecule has 0 saturated carbocycles. The van der Waals surface area contributed by atoms with E-state index in [-0.39, 0.29) is 0 Å². The Morgan fingerprint density at radius 2 is 1.56 bits per heavy atom. The highest BCUT2D eigenvalue weighted by Crippen LogP contribution is 2.29. The minimum Gasteiger partial charge on any atom is -0.277 e. The first-order valence-corrected chi connectivity index (χ1v) is 6.48. The molecule has 0 spiro atoms. The van der Waals surface area contributed by atoms with Crippen molar-refractivity contribution in [2.24, 2.45) is 0 Å². The summed E-state index contributed by atoms with van der Waals surface area (Å²) in [5, 5.41) is 7.03. The van der Waals surface area contributed by atoms with E-state index in [2.05, 4.69) is 62.5 Å². The van der Waals surface area contributed by atoms with E-state index in [0.29, 0.717) is 0 Å². The van der Waals surface area contributed by atoms with Crippen molar-refractivity contribution < 1.29 is 0 Å². The number of nitrogens with zero attached hydrogens (tertiary/aromatic N) is 1. The number of aromatic nitrogens is 2. The van der Waals surface area contributed by atoms with Gasteiger partial charge in [0.25, 0.3) is 0 Å². The van der Waals surface area contributed by atoms with Gasteiger partial charge in [0, 0.05) is 5.56 Å². The van der Waals surface area contributed by atoms with Crippen LogP contribution in [0, 0.1) is 0 Å². The summed E-state index contributed by atoms with van der Waals surface area (Å²) >= 11 is 3.49. The molecule has 3 rings (SSSR count). The Morgan fingerprint density at radius 1 is 0.833 bits per heavy atom. The molecule has 0 aliphatic rings. The van der Waals surface area contributed by atoms with E-state index in [0.717, 1.165) is 15.7 Å². The first-order chi connectivity index (χ1) is 8.84. The predicted molar refractivity (Wildman–Crippen MR) is 77.2 cm³/mol. The van der Waals surface area contributed by atoms with Crippen molar-refractivity contribution in [3.63, 3.8) is 0 Å². The molecule has 1 heterocycles. The molecule has 0 bridgehead atoms. The van der Waals surface area contributed by atoms with Gasteiger partial charge in [-0.1, -0.05) is 48.5 Å². The number of rotatable bonds is 2. The van der Waals surface area contributed by atoms with Gasteiger partial charge in [0.05, 0.1) is 16.4 Å². The molecule has 2 aromatic carbocycles. The molecule has 18 heavy (non-hydrogen) atoms. The Bertz CT molecular complexity index is 659. The molecule has 88 valence electrons. The largest absolute Gasteiger partial charge is 0.277 e. The van der Waals surface area contributed by atoms with Gasteiger partial charge in [-0.25, -0.2) is 0 Å². The number of hydrogen-bond acceptors (Lipinski definition) is 1. The minimum atomic E-state index is 0.979. The van der Waals surface area contributed by atoms with E-state index >= 15 is 0 Å². The molecule has 0 atom stereocenters. The normalized spacial score (nSPS) is 10.5. The van der Waals surface area contributed by atoms with E-state index in [1.807, 2.05) is 18.2 Å². The van der Waals surface area contributed by atoms with Gasteiger partial charge in [-0.15, -0.1) is 0 Å². The van der Waals surface area contributed by atoms with Crippen LogP contribution in [-0.2, 0) is 0 Å². The fourth-order valence-corrected chi connectivity index (χ4v) is 2.38. The molecule has 0 aliphatic heterocycles. The van der Waals surface area contributed by atoms with Gasteiger partial charge >= 0.3 is 0 Å². The van der Waals surface area contributed by atoms with Crippen LogP contribution in [0.4, 0.5) is 0 Å². The molecule has 0 radical (unpaired) electrons. The summed E-state index contributed by atoms with van der Waals surface area (Å²) < 4.78 is 0.979. The second-order valence-corrected chi connectivity index (χ2v) is 4.89. The third-order valence-electron chi connectivity index (χ3n) is 2.85. The van der Waals surface area contributed by atoms with Crippen molar-refractivity contribution >= 4 is 15.9 Å². The fraction of sp³-hybridized carbons (Fsp3) is 0. The fourth-order valence-electron chi connectivity index (χ4n) is 1.96. The molecular formula is C15H11BrN2. The first kappa shape index (κ1) is 11.2.